The Hall–Kier alpha value is -1.18. The van der Waals surface area contributed by atoms with Crippen molar-refractivity contribution in [1.29, 1.82) is 0 Å². The van der Waals surface area contributed by atoms with Gasteiger partial charge in [0, 0.05) is 5.69 Å². The van der Waals surface area contributed by atoms with Crippen LogP contribution >= 0.6 is 39.1 Å². The number of hydrogen-bond donors (Lipinski definition) is 1. The highest BCUT2D eigenvalue weighted by atomic mass is 79.9. The van der Waals surface area contributed by atoms with Crippen molar-refractivity contribution in [2.75, 3.05) is 5.32 Å². The zero-order valence-corrected chi connectivity index (χ0v) is 14.3. The van der Waals surface area contributed by atoms with Crippen LogP contribution in [0.1, 0.15) is 17.8 Å². The number of carbonyl (C=O) groups excluding carboxylic acids is 1. The highest BCUT2D eigenvalue weighted by molar-refractivity contribution is 9.10. The second kappa shape index (κ2) is 6.93. The molecular formula is C13H10BrCl2F2N3O. The van der Waals surface area contributed by atoms with Gasteiger partial charge in [0.2, 0.25) is 5.91 Å². The van der Waals surface area contributed by atoms with Gasteiger partial charge in [-0.15, -0.1) is 0 Å². The zero-order chi connectivity index (χ0) is 16.4. The first kappa shape index (κ1) is 17.2. The Kier molecular flexibility index (Phi) is 5.41. The van der Waals surface area contributed by atoms with E-state index in [1.807, 2.05) is 0 Å². The third-order valence-electron chi connectivity index (χ3n) is 2.86. The number of carbonyl (C=O) groups is 1. The fourth-order valence-corrected chi connectivity index (χ4v) is 2.51. The van der Waals surface area contributed by atoms with E-state index in [0.29, 0.717) is 21.4 Å². The fraction of sp³-hybridized carbons (Fsp3) is 0.231. The first-order chi connectivity index (χ1) is 10.3. The summed E-state index contributed by atoms with van der Waals surface area (Å²) < 4.78 is 26.9. The summed E-state index contributed by atoms with van der Waals surface area (Å²) in [4.78, 5) is 12.0. The average molecular weight is 413 g/mol. The van der Waals surface area contributed by atoms with E-state index >= 15 is 0 Å². The molecule has 0 unspecified atom stereocenters. The quantitative estimate of drug-likeness (QED) is 0.781. The van der Waals surface area contributed by atoms with E-state index in [9.17, 15) is 13.6 Å². The standard InChI is InChI=1S/C13H10BrCl2F2N3O/c1-6-11(14)12(13(17)18)20-21(6)5-10(22)19-7-2-3-8(15)9(16)4-7/h2-4,13H,5H2,1H3,(H,19,22). The summed E-state index contributed by atoms with van der Waals surface area (Å²) in [6.07, 6.45) is -2.72. The van der Waals surface area contributed by atoms with Crippen molar-refractivity contribution in [3.8, 4) is 0 Å². The van der Waals surface area contributed by atoms with Crippen LogP contribution in [0.25, 0.3) is 0 Å². The Bertz CT molecular complexity index is 722. The molecule has 1 aromatic heterocycles. The fourth-order valence-electron chi connectivity index (χ4n) is 1.75. The van der Waals surface area contributed by atoms with Crippen molar-refractivity contribution in [1.82, 2.24) is 9.78 Å². The van der Waals surface area contributed by atoms with Crippen molar-refractivity contribution < 1.29 is 13.6 Å². The Morgan fingerprint density at radius 1 is 1.41 bits per heavy atom. The van der Waals surface area contributed by atoms with E-state index in [1.54, 1.807) is 19.1 Å². The molecule has 0 saturated carbocycles. The van der Waals surface area contributed by atoms with E-state index in [4.69, 9.17) is 23.2 Å². The largest absolute Gasteiger partial charge is 0.324 e. The van der Waals surface area contributed by atoms with Gasteiger partial charge in [0.1, 0.15) is 12.2 Å². The minimum atomic E-state index is -2.72. The van der Waals surface area contributed by atoms with Gasteiger partial charge in [0.05, 0.1) is 20.2 Å². The summed E-state index contributed by atoms with van der Waals surface area (Å²) in [5, 5.41) is 7.00. The van der Waals surface area contributed by atoms with Crippen molar-refractivity contribution in [2.45, 2.75) is 19.9 Å². The summed E-state index contributed by atoms with van der Waals surface area (Å²) in [5.74, 6) is -0.419. The highest BCUT2D eigenvalue weighted by Crippen LogP contribution is 2.29. The number of anilines is 1. The van der Waals surface area contributed by atoms with Gasteiger partial charge in [0.25, 0.3) is 6.43 Å². The molecule has 0 aliphatic carbocycles. The average Bonchev–Trinajstić information content (AvgIpc) is 2.71. The second-order valence-electron chi connectivity index (χ2n) is 4.42. The molecule has 1 amide bonds. The van der Waals surface area contributed by atoms with Gasteiger partial charge in [-0.05, 0) is 41.1 Å². The van der Waals surface area contributed by atoms with Crippen molar-refractivity contribution in [3.63, 3.8) is 0 Å². The summed E-state index contributed by atoms with van der Waals surface area (Å²) in [7, 11) is 0. The number of alkyl halides is 2. The minimum Gasteiger partial charge on any atom is -0.324 e. The number of nitrogens with zero attached hydrogens (tertiary/aromatic N) is 2. The van der Waals surface area contributed by atoms with Crippen molar-refractivity contribution in [2.24, 2.45) is 0 Å². The lowest BCUT2D eigenvalue weighted by Gasteiger charge is -2.07. The van der Waals surface area contributed by atoms with Crippen LogP contribution in [0.3, 0.4) is 0 Å². The maximum absolute atomic E-state index is 12.8. The molecule has 2 aromatic rings. The van der Waals surface area contributed by atoms with Gasteiger partial charge in [-0.3, -0.25) is 9.48 Å². The molecule has 1 aromatic carbocycles. The minimum absolute atomic E-state index is 0.197. The molecule has 1 heterocycles. The van der Waals surface area contributed by atoms with Crippen LogP contribution in [0.4, 0.5) is 14.5 Å². The molecule has 118 valence electrons. The molecule has 22 heavy (non-hydrogen) atoms. The topological polar surface area (TPSA) is 46.9 Å². The SMILES string of the molecule is Cc1c(Br)c(C(F)F)nn1CC(=O)Nc1ccc(Cl)c(Cl)c1. The van der Waals surface area contributed by atoms with Gasteiger partial charge >= 0.3 is 0 Å². The monoisotopic (exact) mass is 411 g/mol. The molecule has 2 rings (SSSR count). The third-order valence-corrected chi connectivity index (χ3v) is 4.58. The van der Waals surface area contributed by atoms with Gasteiger partial charge in [-0.25, -0.2) is 8.78 Å². The Labute approximate surface area is 143 Å². The van der Waals surface area contributed by atoms with E-state index in [0.717, 1.165) is 0 Å². The normalized spacial score (nSPS) is 11.0. The van der Waals surface area contributed by atoms with Crippen LogP contribution in [0, 0.1) is 6.92 Å². The molecule has 9 heteroatoms. The summed E-state index contributed by atoms with van der Waals surface area (Å²) >= 11 is 14.7. The van der Waals surface area contributed by atoms with E-state index < -0.39 is 12.3 Å². The lowest BCUT2D eigenvalue weighted by Crippen LogP contribution is -2.20. The van der Waals surface area contributed by atoms with Crippen LogP contribution < -0.4 is 5.32 Å². The first-order valence-electron chi connectivity index (χ1n) is 6.05. The highest BCUT2D eigenvalue weighted by Gasteiger charge is 2.21. The van der Waals surface area contributed by atoms with E-state index in [2.05, 4.69) is 26.3 Å². The van der Waals surface area contributed by atoms with Crippen LogP contribution in [-0.2, 0) is 11.3 Å². The molecular weight excluding hydrogens is 403 g/mol. The molecule has 1 N–H and O–H groups in total. The van der Waals surface area contributed by atoms with E-state index in [-0.39, 0.29) is 16.7 Å². The van der Waals surface area contributed by atoms with Crippen molar-refractivity contribution in [3.05, 3.63) is 44.1 Å². The third kappa shape index (κ3) is 3.77. The molecule has 0 fully saturated rings. The van der Waals surface area contributed by atoms with Gasteiger partial charge in [0.15, 0.2) is 0 Å². The lowest BCUT2D eigenvalue weighted by molar-refractivity contribution is -0.117. The number of aromatic nitrogens is 2. The summed E-state index contributed by atoms with van der Waals surface area (Å²) in [5.41, 5.74) is 0.511. The molecule has 0 atom stereocenters. The Morgan fingerprint density at radius 3 is 2.64 bits per heavy atom. The predicted molar refractivity (Wildman–Crippen MR) is 84.7 cm³/mol. The number of halogens is 5. The molecule has 0 saturated heterocycles. The first-order valence-corrected chi connectivity index (χ1v) is 7.60. The zero-order valence-electron chi connectivity index (χ0n) is 11.2. The molecule has 4 nitrogen and oxygen atoms in total. The summed E-state index contributed by atoms with van der Waals surface area (Å²) in [6, 6.07) is 4.63. The lowest BCUT2D eigenvalue weighted by atomic mass is 10.3. The smallest absolute Gasteiger partial charge is 0.283 e. The van der Waals surface area contributed by atoms with E-state index in [1.165, 1.54) is 10.7 Å². The van der Waals surface area contributed by atoms with Gasteiger partial charge in [-0.1, -0.05) is 23.2 Å². The maximum atomic E-state index is 12.8. The van der Waals surface area contributed by atoms with Crippen LogP contribution in [0.5, 0.6) is 0 Å². The van der Waals surface area contributed by atoms with Crippen LogP contribution in [-0.4, -0.2) is 15.7 Å². The summed E-state index contributed by atoms with van der Waals surface area (Å²) in [6.45, 7) is 1.40. The van der Waals surface area contributed by atoms with Crippen molar-refractivity contribution >= 4 is 50.7 Å². The van der Waals surface area contributed by atoms with Gasteiger partial charge < -0.3 is 5.32 Å². The molecule has 0 aliphatic rings. The van der Waals surface area contributed by atoms with Crippen LogP contribution in [0.15, 0.2) is 22.7 Å². The molecule has 0 radical (unpaired) electrons. The second-order valence-corrected chi connectivity index (χ2v) is 6.03. The molecule has 0 spiro atoms. The number of amides is 1. The molecule has 0 aliphatic heterocycles. The van der Waals surface area contributed by atoms with Crippen LogP contribution in [0.2, 0.25) is 10.0 Å². The van der Waals surface area contributed by atoms with Gasteiger partial charge in [-0.2, -0.15) is 5.10 Å². The Morgan fingerprint density at radius 2 is 2.09 bits per heavy atom. The Balaban J connectivity index is 2.12. The maximum Gasteiger partial charge on any atom is 0.283 e. The number of hydrogen-bond acceptors (Lipinski definition) is 2. The molecule has 0 bridgehead atoms. The number of rotatable bonds is 4. The predicted octanol–water partition coefficient (Wildman–Crippen LogP) is 4.84. The number of benzene rings is 1. The number of nitrogens with one attached hydrogen (secondary N) is 1.